The van der Waals surface area contributed by atoms with Crippen molar-refractivity contribution in [2.45, 2.75) is 13.0 Å². The maximum atomic E-state index is 10.3. The van der Waals surface area contributed by atoms with E-state index in [1.54, 1.807) is 0 Å². The number of hydrogen-bond acceptors (Lipinski definition) is 6. The summed E-state index contributed by atoms with van der Waals surface area (Å²) in [5.41, 5.74) is 5.49. The van der Waals surface area contributed by atoms with Crippen molar-refractivity contribution < 1.29 is 4.92 Å². The highest BCUT2D eigenvalue weighted by Crippen LogP contribution is 2.24. The van der Waals surface area contributed by atoms with Crippen LogP contribution in [0.25, 0.3) is 0 Å². The van der Waals surface area contributed by atoms with Gasteiger partial charge in [0.1, 0.15) is 6.20 Å². The Labute approximate surface area is 78.9 Å². The summed E-state index contributed by atoms with van der Waals surface area (Å²) < 4.78 is 0. The standard InChI is InChI=1S/C6H10N4O2S/c1-4(7)2-8-6-9-3-5(13-6)10(11)12/h3-4H,2,7H2,1H3,(H,8,9). The van der Waals surface area contributed by atoms with Crippen molar-refractivity contribution in [3.8, 4) is 0 Å². The van der Waals surface area contributed by atoms with Gasteiger partial charge in [-0.05, 0) is 18.3 Å². The molecule has 0 saturated heterocycles. The Kier molecular flexibility index (Phi) is 3.15. The van der Waals surface area contributed by atoms with Crippen molar-refractivity contribution >= 4 is 21.5 Å². The van der Waals surface area contributed by atoms with Crippen LogP contribution in [-0.4, -0.2) is 22.5 Å². The van der Waals surface area contributed by atoms with Crippen LogP contribution in [0.1, 0.15) is 6.92 Å². The minimum atomic E-state index is -0.464. The normalized spacial score (nSPS) is 12.5. The maximum Gasteiger partial charge on any atom is 0.345 e. The van der Waals surface area contributed by atoms with Gasteiger partial charge in [0, 0.05) is 12.6 Å². The van der Waals surface area contributed by atoms with Gasteiger partial charge in [0.25, 0.3) is 0 Å². The van der Waals surface area contributed by atoms with Gasteiger partial charge in [-0.15, -0.1) is 0 Å². The van der Waals surface area contributed by atoms with Crippen molar-refractivity contribution in [3.05, 3.63) is 16.3 Å². The van der Waals surface area contributed by atoms with Gasteiger partial charge in [0.2, 0.25) is 0 Å². The van der Waals surface area contributed by atoms with E-state index in [0.29, 0.717) is 11.7 Å². The third kappa shape index (κ3) is 2.96. The van der Waals surface area contributed by atoms with E-state index < -0.39 is 4.92 Å². The Morgan fingerprint density at radius 2 is 2.62 bits per heavy atom. The van der Waals surface area contributed by atoms with Gasteiger partial charge < -0.3 is 11.1 Å². The van der Waals surface area contributed by atoms with Gasteiger partial charge in [0.05, 0.1) is 4.92 Å². The lowest BCUT2D eigenvalue weighted by molar-refractivity contribution is -0.380. The Balaban J connectivity index is 2.54. The second-order valence-electron chi connectivity index (χ2n) is 2.62. The molecule has 1 heterocycles. The van der Waals surface area contributed by atoms with Crippen molar-refractivity contribution in [2.24, 2.45) is 5.73 Å². The van der Waals surface area contributed by atoms with Crippen LogP contribution in [0.3, 0.4) is 0 Å². The number of nitrogens with two attached hydrogens (primary N) is 1. The zero-order chi connectivity index (χ0) is 9.84. The molecule has 1 rings (SSSR count). The number of nitro groups is 1. The third-order valence-corrected chi connectivity index (χ3v) is 2.16. The van der Waals surface area contributed by atoms with Crippen molar-refractivity contribution in [1.29, 1.82) is 0 Å². The summed E-state index contributed by atoms with van der Waals surface area (Å²) in [4.78, 5) is 13.6. The molecule has 0 fully saturated rings. The number of hydrogen-bond donors (Lipinski definition) is 2. The van der Waals surface area contributed by atoms with Gasteiger partial charge in [-0.3, -0.25) is 10.1 Å². The Morgan fingerprint density at radius 3 is 3.08 bits per heavy atom. The molecule has 1 atom stereocenters. The predicted octanol–water partition coefficient (Wildman–Crippen LogP) is 0.810. The summed E-state index contributed by atoms with van der Waals surface area (Å²) in [7, 11) is 0. The SMILES string of the molecule is CC(N)CNc1ncc([N+](=O)[O-])s1. The first kappa shape index (κ1) is 9.87. The molecule has 72 valence electrons. The van der Waals surface area contributed by atoms with E-state index in [9.17, 15) is 10.1 Å². The second kappa shape index (κ2) is 4.15. The van der Waals surface area contributed by atoms with Crippen LogP contribution in [0.2, 0.25) is 0 Å². The van der Waals surface area contributed by atoms with E-state index in [0.717, 1.165) is 11.3 Å². The first-order valence-corrected chi connectivity index (χ1v) is 4.51. The molecule has 0 bridgehead atoms. The summed E-state index contributed by atoms with van der Waals surface area (Å²) in [6.07, 6.45) is 1.23. The quantitative estimate of drug-likeness (QED) is 0.556. The highest BCUT2D eigenvalue weighted by Gasteiger charge is 2.10. The third-order valence-electron chi connectivity index (χ3n) is 1.25. The largest absolute Gasteiger partial charge is 0.360 e. The first-order chi connectivity index (χ1) is 6.09. The van der Waals surface area contributed by atoms with Gasteiger partial charge >= 0.3 is 5.00 Å². The average molecular weight is 202 g/mol. The Morgan fingerprint density at radius 1 is 1.92 bits per heavy atom. The first-order valence-electron chi connectivity index (χ1n) is 3.69. The molecular weight excluding hydrogens is 192 g/mol. The molecule has 1 aromatic rings. The number of aromatic nitrogens is 1. The summed E-state index contributed by atoms with van der Waals surface area (Å²) >= 11 is 1.01. The number of nitrogens with zero attached hydrogens (tertiary/aromatic N) is 2. The molecular formula is C6H10N4O2S. The lowest BCUT2D eigenvalue weighted by atomic mass is 10.4. The van der Waals surface area contributed by atoms with Crippen LogP contribution < -0.4 is 11.1 Å². The molecule has 3 N–H and O–H groups in total. The lowest BCUT2D eigenvalue weighted by Crippen LogP contribution is -2.25. The molecule has 0 radical (unpaired) electrons. The van der Waals surface area contributed by atoms with Gasteiger partial charge in [-0.1, -0.05) is 0 Å². The maximum absolute atomic E-state index is 10.3. The smallest absolute Gasteiger partial charge is 0.345 e. The van der Waals surface area contributed by atoms with Crippen LogP contribution in [0.15, 0.2) is 6.20 Å². The molecule has 0 saturated carbocycles. The highest BCUT2D eigenvalue weighted by atomic mass is 32.1. The minimum absolute atomic E-state index is 0.00274. The van der Waals surface area contributed by atoms with Crippen LogP contribution in [0.4, 0.5) is 10.1 Å². The molecule has 6 nitrogen and oxygen atoms in total. The Hall–Kier alpha value is -1.21. The molecule has 13 heavy (non-hydrogen) atoms. The fourth-order valence-electron chi connectivity index (χ4n) is 0.680. The van der Waals surface area contributed by atoms with E-state index in [2.05, 4.69) is 10.3 Å². The minimum Gasteiger partial charge on any atom is -0.360 e. The monoisotopic (exact) mass is 202 g/mol. The van der Waals surface area contributed by atoms with Crippen molar-refractivity contribution in [2.75, 3.05) is 11.9 Å². The molecule has 0 spiro atoms. The molecule has 0 aliphatic rings. The molecule has 1 unspecified atom stereocenters. The van der Waals surface area contributed by atoms with E-state index in [1.807, 2.05) is 6.92 Å². The highest BCUT2D eigenvalue weighted by molar-refractivity contribution is 7.18. The second-order valence-corrected chi connectivity index (χ2v) is 3.63. The number of nitrogens with one attached hydrogen (secondary N) is 1. The molecule has 0 aliphatic heterocycles. The van der Waals surface area contributed by atoms with E-state index in [-0.39, 0.29) is 11.0 Å². The van der Waals surface area contributed by atoms with E-state index in [4.69, 9.17) is 5.73 Å². The van der Waals surface area contributed by atoms with Gasteiger partial charge in [-0.2, -0.15) is 0 Å². The van der Waals surface area contributed by atoms with Crippen LogP contribution >= 0.6 is 11.3 Å². The molecule has 7 heteroatoms. The summed E-state index contributed by atoms with van der Waals surface area (Å²) in [6.45, 7) is 2.40. The number of anilines is 1. The zero-order valence-electron chi connectivity index (χ0n) is 7.06. The summed E-state index contributed by atoms with van der Waals surface area (Å²) in [6, 6.07) is 0.00274. The zero-order valence-corrected chi connectivity index (χ0v) is 7.87. The molecule has 0 aromatic carbocycles. The van der Waals surface area contributed by atoms with Crippen molar-refractivity contribution in [3.63, 3.8) is 0 Å². The van der Waals surface area contributed by atoms with Crippen LogP contribution in [-0.2, 0) is 0 Å². The van der Waals surface area contributed by atoms with E-state index in [1.165, 1.54) is 6.20 Å². The van der Waals surface area contributed by atoms with Crippen LogP contribution in [0, 0.1) is 10.1 Å². The average Bonchev–Trinajstić information content (AvgIpc) is 2.48. The number of rotatable bonds is 4. The van der Waals surface area contributed by atoms with Crippen LogP contribution in [0.5, 0.6) is 0 Å². The number of thiazole rings is 1. The van der Waals surface area contributed by atoms with Gasteiger partial charge in [-0.25, -0.2) is 4.98 Å². The fourth-order valence-corrected chi connectivity index (χ4v) is 1.32. The summed E-state index contributed by atoms with van der Waals surface area (Å²) in [5, 5.41) is 13.7. The molecule has 0 aliphatic carbocycles. The lowest BCUT2D eigenvalue weighted by Gasteiger charge is -2.03. The van der Waals surface area contributed by atoms with Crippen molar-refractivity contribution in [1.82, 2.24) is 4.98 Å². The van der Waals surface area contributed by atoms with Gasteiger partial charge in [0.15, 0.2) is 5.13 Å². The predicted molar refractivity (Wildman–Crippen MR) is 50.9 cm³/mol. The van der Waals surface area contributed by atoms with E-state index >= 15 is 0 Å². The fraction of sp³-hybridized carbons (Fsp3) is 0.500. The topological polar surface area (TPSA) is 94.1 Å². The molecule has 1 aromatic heterocycles. The summed E-state index contributed by atoms with van der Waals surface area (Å²) in [5.74, 6) is 0. The molecule has 0 amide bonds. The Bertz CT molecular complexity index is 299.